The van der Waals surface area contributed by atoms with Crippen molar-refractivity contribution in [2.24, 2.45) is 5.10 Å². The highest BCUT2D eigenvalue weighted by atomic mass is 16.6. The molecule has 0 aliphatic rings. The summed E-state index contributed by atoms with van der Waals surface area (Å²) < 4.78 is 5.32. The lowest BCUT2D eigenvalue weighted by Gasteiger charge is -2.07. The number of hydrogen-bond acceptors (Lipinski definition) is 7. The normalized spacial score (nSPS) is 10.5. The van der Waals surface area contributed by atoms with Crippen molar-refractivity contribution in [1.82, 2.24) is 5.43 Å². The van der Waals surface area contributed by atoms with E-state index in [1.165, 1.54) is 24.3 Å². The molecule has 0 saturated carbocycles. The van der Waals surface area contributed by atoms with E-state index in [1.807, 2.05) is 0 Å². The molecule has 0 unspecified atom stereocenters. The molecule has 9 heteroatoms. The molecule has 0 heterocycles. The summed E-state index contributed by atoms with van der Waals surface area (Å²) in [4.78, 5) is 34.8. The first kappa shape index (κ1) is 20.2. The van der Waals surface area contributed by atoms with Crippen LogP contribution < -0.4 is 10.2 Å². The number of amides is 1. The monoisotopic (exact) mass is 405 g/mol. The van der Waals surface area contributed by atoms with E-state index < -0.39 is 16.8 Å². The SMILES string of the molecule is O=C(Oc1ccc([N+](=O)[O-])cc1/C=N/NC(=O)c1ccccc1O)c1ccccc1. The lowest BCUT2D eigenvalue weighted by molar-refractivity contribution is -0.384. The van der Waals surface area contributed by atoms with Crippen LogP contribution in [0, 0.1) is 10.1 Å². The van der Waals surface area contributed by atoms with E-state index in [1.54, 1.807) is 42.5 Å². The number of hydrogen-bond donors (Lipinski definition) is 2. The van der Waals surface area contributed by atoms with Crippen LogP contribution in [-0.2, 0) is 0 Å². The average molecular weight is 405 g/mol. The maximum Gasteiger partial charge on any atom is 0.343 e. The van der Waals surface area contributed by atoms with E-state index >= 15 is 0 Å². The summed E-state index contributed by atoms with van der Waals surface area (Å²) in [7, 11) is 0. The van der Waals surface area contributed by atoms with E-state index in [2.05, 4.69) is 10.5 Å². The van der Waals surface area contributed by atoms with Gasteiger partial charge in [0.2, 0.25) is 0 Å². The minimum atomic E-state index is -0.683. The topological polar surface area (TPSA) is 131 Å². The van der Waals surface area contributed by atoms with Gasteiger partial charge in [0.15, 0.2) is 0 Å². The number of benzene rings is 3. The minimum Gasteiger partial charge on any atom is -0.507 e. The number of non-ortho nitro benzene ring substituents is 1. The van der Waals surface area contributed by atoms with E-state index in [4.69, 9.17) is 4.74 Å². The van der Waals surface area contributed by atoms with Gasteiger partial charge in [-0.1, -0.05) is 30.3 Å². The van der Waals surface area contributed by atoms with Crippen LogP contribution >= 0.6 is 0 Å². The summed E-state index contributed by atoms with van der Waals surface area (Å²) in [5.41, 5.74) is 2.37. The fourth-order valence-corrected chi connectivity index (χ4v) is 2.46. The number of esters is 1. The van der Waals surface area contributed by atoms with Gasteiger partial charge in [-0.15, -0.1) is 0 Å². The van der Waals surface area contributed by atoms with Gasteiger partial charge in [0.05, 0.1) is 22.3 Å². The van der Waals surface area contributed by atoms with Gasteiger partial charge >= 0.3 is 5.97 Å². The fraction of sp³-hybridized carbons (Fsp3) is 0. The first-order chi connectivity index (χ1) is 14.5. The van der Waals surface area contributed by atoms with Crippen molar-refractivity contribution in [3.8, 4) is 11.5 Å². The Balaban J connectivity index is 1.82. The molecule has 1 amide bonds. The van der Waals surface area contributed by atoms with E-state index in [-0.39, 0.29) is 28.3 Å². The van der Waals surface area contributed by atoms with Crippen LogP contribution in [0.5, 0.6) is 11.5 Å². The van der Waals surface area contributed by atoms with Gasteiger partial charge in [-0.25, -0.2) is 10.2 Å². The number of nitrogens with one attached hydrogen (secondary N) is 1. The summed E-state index contributed by atoms with van der Waals surface area (Å²) in [6, 6.07) is 17.7. The van der Waals surface area contributed by atoms with Gasteiger partial charge < -0.3 is 9.84 Å². The second-order valence-corrected chi connectivity index (χ2v) is 5.95. The molecule has 0 radical (unpaired) electrons. The van der Waals surface area contributed by atoms with Gasteiger partial charge in [0.1, 0.15) is 11.5 Å². The highest BCUT2D eigenvalue weighted by molar-refractivity contribution is 5.98. The number of para-hydroxylation sites is 1. The third kappa shape index (κ3) is 4.84. The quantitative estimate of drug-likeness (QED) is 0.213. The Bertz CT molecular complexity index is 1130. The average Bonchev–Trinajstić information content (AvgIpc) is 2.75. The zero-order chi connectivity index (χ0) is 21.5. The van der Waals surface area contributed by atoms with Gasteiger partial charge in [-0.2, -0.15) is 5.10 Å². The number of hydrazone groups is 1. The number of nitro groups is 1. The molecule has 0 saturated heterocycles. The number of carbonyl (C=O) groups is 2. The zero-order valence-electron chi connectivity index (χ0n) is 15.4. The first-order valence-electron chi connectivity index (χ1n) is 8.63. The van der Waals surface area contributed by atoms with Crippen LogP contribution in [-0.4, -0.2) is 28.1 Å². The second kappa shape index (κ2) is 9.11. The van der Waals surface area contributed by atoms with Crippen molar-refractivity contribution in [1.29, 1.82) is 0 Å². The number of rotatable bonds is 6. The summed E-state index contributed by atoms with van der Waals surface area (Å²) in [6.45, 7) is 0. The number of aromatic hydroxyl groups is 1. The van der Waals surface area contributed by atoms with Crippen molar-refractivity contribution in [3.63, 3.8) is 0 Å². The van der Waals surface area contributed by atoms with Crippen molar-refractivity contribution < 1.29 is 24.4 Å². The molecular formula is C21H15N3O6. The number of ether oxygens (including phenoxy) is 1. The number of carbonyl (C=O) groups excluding carboxylic acids is 2. The summed E-state index contributed by atoms with van der Waals surface area (Å²) in [6.07, 6.45) is 1.11. The molecule has 150 valence electrons. The fourth-order valence-electron chi connectivity index (χ4n) is 2.46. The molecule has 9 nitrogen and oxygen atoms in total. The minimum absolute atomic E-state index is 0.00409. The highest BCUT2D eigenvalue weighted by Gasteiger charge is 2.15. The molecule has 30 heavy (non-hydrogen) atoms. The maximum absolute atomic E-state index is 12.3. The molecule has 0 aromatic heterocycles. The third-order valence-corrected chi connectivity index (χ3v) is 3.93. The van der Waals surface area contributed by atoms with Gasteiger partial charge in [-0.05, 0) is 30.3 Å². The smallest absolute Gasteiger partial charge is 0.343 e. The predicted octanol–water partition coefficient (Wildman–Crippen LogP) is 3.28. The van der Waals surface area contributed by atoms with Crippen LogP contribution in [0.3, 0.4) is 0 Å². The molecule has 3 rings (SSSR count). The van der Waals surface area contributed by atoms with Crippen LogP contribution in [0.25, 0.3) is 0 Å². The van der Waals surface area contributed by atoms with Crippen LogP contribution in [0.4, 0.5) is 5.69 Å². The molecule has 3 aromatic rings. The van der Waals surface area contributed by atoms with Crippen molar-refractivity contribution in [2.45, 2.75) is 0 Å². The number of phenols is 1. The van der Waals surface area contributed by atoms with Crippen molar-refractivity contribution >= 4 is 23.8 Å². The molecule has 3 aromatic carbocycles. The molecule has 0 bridgehead atoms. The number of phenolic OH excluding ortho intramolecular Hbond substituents is 1. The number of nitro benzene ring substituents is 1. The Morgan fingerprint density at radius 3 is 2.43 bits per heavy atom. The molecule has 0 atom stereocenters. The lowest BCUT2D eigenvalue weighted by Crippen LogP contribution is -2.18. The maximum atomic E-state index is 12.3. The zero-order valence-corrected chi connectivity index (χ0v) is 15.4. The Morgan fingerprint density at radius 1 is 1.03 bits per heavy atom. The summed E-state index contributed by atoms with van der Waals surface area (Å²) >= 11 is 0. The standard InChI is InChI=1S/C21H15N3O6/c25-18-9-5-4-8-17(18)20(26)23-22-13-15-12-16(24(28)29)10-11-19(15)30-21(27)14-6-2-1-3-7-14/h1-13,25H,(H,23,26)/b22-13+. The molecular weight excluding hydrogens is 390 g/mol. The first-order valence-corrected chi connectivity index (χ1v) is 8.63. The van der Waals surface area contributed by atoms with Gasteiger partial charge in [0.25, 0.3) is 11.6 Å². The summed E-state index contributed by atoms with van der Waals surface area (Å²) in [5.74, 6) is -1.54. The largest absolute Gasteiger partial charge is 0.507 e. The molecule has 0 aliphatic heterocycles. The second-order valence-electron chi connectivity index (χ2n) is 5.95. The lowest BCUT2D eigenvalue weighted by atomic mass is 10.2. The van der Waals surface area contributed by atoms with E-state index in [0.717, 1.165) is 12.3 Å². The van der Waals surface area contributed by atoms with Crippen LogP contribution in [0.2, 0.25) is 0 Å². The predicted molar refractivity (Wildman–Crippen MR) is 108 cm³/mol. The number of nitrogens with zero attached hydrogens (tertiary/aromatic N) is 2. The van der Waals surface area contributed by atoms with E-state index in [9.17, 15) is 24.8 Å². The molecule has 2 N–H and O–H groups in total. The Kier molecular flexibility index (Phi) is 6.14. The van der Waals surface area contributed by atoms with Crippen LogP contribution in [0.15, 0.2) is 77.9 Å². The van der Waals surface area contributed by atoms with Crippen molar-refractivity contribution in [3.05, 3.63) is 99.6 Å². The Hall–Kier alpha value is -4.53. The molecule has 0 spiro atoms. The van der Waals surface area contributed by atoms with Crippen molar-refractivity contribution in [2.75, 3.05) is 0 Å². The van der Waals surface area contributed by atoms with Gasteiger partial charge in [-0.3, -0.25) is 14.9 Å². The van der Waals surface area contributed by atoms with Crippen LogP contribution in [0.1, 0.15) is 26.3 Å². The highest BCUT2D eigenvalue weighted by Crippen LogP contribution is 2.24. The summed E-state index contributed by atoms with van der Waals surface area (Å²) in [5, 5.41) is 24.5. The Labute approximate surface area is 170 Å². The van der Waals surface area contributed by atoms with Gasteiger partial charge in [0, 0.05) is 17.7 Å². The third-order valence-electron chi connectivity index (χ3n) is 3.93. The molecule has 0 aliphatic carbocycles. The Morgan fingerprint density at radius 2 is 1.73 bits per heavy atom. The van der Waals surface area contributed by atoms with E-state index in [0.29, 0.717) is 5.56 Å². The molecule has 0 fully saturated rings.